The molecular weight excluding hydrogens is 477 g/mol. The molecule has 2 rings (SSSR count). The van der Waals surface area contributed by atoms with Crippen LogP contribution in [0, 0.1) is 6.92 Å². The number of nitrogens with zero attached hydrogens (tertiary/aromatic N) is 3. The zero-order chi connectivity index (χ0) is 25.5. The van der Waals surface area contributed by atoms with E-state index in [0.717, 1.165) is 27.5 Å². The van der Waals surface area contributed by atoms with Crippen molar-refractivity contribution >= 4 is 41.7 Å². The number of hydrogen-bond donors (Lipinski definition) is 2. The Bertz CT molecular complexity index is 1070. The van der Waals surface area contributed by atoms with Gasteiger partial charge in [-0.15, -0.1) is 0 Å². The van der Waals surface area contributed by atoms with Gasteiger partial charge in [0.2, 0.25) is 12.4 Å². The molecule has 0 aliphatic heterocycles. The van der Waals surface area contributed by atoms with Crippen molar-refractivity contribution in [2.45, 2.75) is 26.1 Å². The first-order valence-electron chi connectivity index (χ1n) is 9.87. The smallest absolute Gasteiger partial charge is 0.416 e. The van der Waals surface area contributed by atoms with Crippen LogP contribution in [-0.4, -0.2) is 52.9 Å². The lowest BCUT2D eigenvalue weighted by Gasteiger charge is -2.23. The minimum atomic E-state index is -4.67. The van der Waals surface area contributed by atoms with Gasteiger partial charge in [-0.05, 0) is 30.7 Å². The lowest BCUT2D eigenvalue weighted by atomic mass is 10.1. The maximum atomic E-state index is 13.2. The van der Waals surface area contributed by atoms with Crippen LogP contribution in [0.5, 0.6) is 0 Å². The number of benzene rings is 2. The van der Waals surface area contributed by atoms with Gasteiger partial charge >= 0.3 is 18.2 Å². The molecule has 0 fully saturated rings. The van der Waals surface area contributed by atoms with Crippen molar-refractivity contribution in [3.63, 3.8) is 0 Å². The fourth-order valence-electron chi connectivity index (χ4n) is 2.66. The van der Waals surface area contributed by atoms with E-state index in [0.29, 0.717) is 18.0 Å². The minimum Gasteiger partial charge on any atom is -0.481 e. The molecule has 0 saturated heterocycles. The lowest BCUT2D eigenvalue weighted by molar-refractivity contribution is -0.138. The summed E-state index contributed by atoms with van der Waals surface area (Å²) < 4.78 is 39.5. The second kappa shape index (κ2) is 11.5. The van der Waals surface area contributed by atoms with Gasteiger partial charge in [-0.1, -0.05) is 41.4 Å². The Morgan fingerprint density at radius 3 is 2.38 bits per heavy atom. The summed E-state index contributed by atoms with van der Waals surface area (Å²) >= 11 is 6.03. The number of alkyl halides is 3. The number of rotatable bonds is 7. The SMILES string of the molecule is Cc1ccc(CN(C=O)C(=Nc2cc(C(F)(F)F)ccc2Cl)NC(=O)N(C)CCC(=O)O)cc1. The number of nitrogens with one attached hydrogen (secondary N) is 1. The van der Waals surface area contributed by atoms with Gasteiger partial charge in [-0.2, -0.15) is 13.2 Å². The number of halogens is 4. The highest BCUT2D eigenvalue weighted by atomic mass is 35.5. The van der Waals surface area contributed by atoms with E-state index in [-0.39, 0.29) is 36.2 Å². The van der Waals surface area contributed by atoms with Crippen LogP contribution in [0.1, 0.15) is 23.1 Å². The average Bonchev–Trinajstić information content (AvgIpc) is 2.77. The van der Waals surface area contributed by atoms with Crippen LogP contribution in [0.25, 0.3) is 0 Å². The molecule has 34 heavy (non-hydrogen) atoms. The summed E-state index contributed by atoms with van der Waals surface area (Å²) in [6, 6.07) is 8.74. The molecule has 0 unspecified atom stereocenters. The molecule has 0 saturated carbocycles. The van der Waals surface area contributed by atoms with E-state index in [1.807, 2.05) is 6.92 Å². The Morgan fingerprint density at radius 2 is 1.82 bits per heavy atom. The Hall–Kier alpha value is -3.60. The number of guanidine groups is 1. The molecule has 0 atom stereocenters. The van der Waals surface area contributed by atoms with Crippen molar-refractivity contribution in [2.24, 2.45) is 4.99 Å². The number of amides is 3. The van der Waals surface area contributed by atoms with Gasteiger partial charge in [0, 0.05) is 13.6 Å². The molecule has 0 spiro atoms. The van der Waals surface area contributed by atoms with Gasteiger partial charge in [0.1, 0.15) is 0 Å². The largest absolute Gasteiger partial charge is 0.481 e. The van der Waals surface area contributed by atoms with Crippen LogP contribution in [0.15, 0.2) is 47.5 Å². The highest BCUT2D eigenvalue weighted by molar-refractivity contribution is 6.33. The second-order valence-electron chi connectivity index (χ2n) is 7.31. The molecule has 182 valence electrons. The molecule has 0 bridgehead atoms. The zero-order valence-corrected chi connectivity index (χ0v) is 19.0. The molecule has 0 aliphatic carbocycles. The van der Waals surface area contributed by atoms with Gasteiger partial charge in [0.05, 0.1) is 29.2 Å². The number of urea groups is 1. The van der Waals surface area contributed by atoms with Crippen molar-refractivity contribution in [1.29, 1.82) is 0 Å². The van der Waals surface area contributed by atoms with Crippen molar-refractivity contribution < 1.29 is 32.7 Å². The fraction of sp³-hybridized carbons (Fsp3) is 0.273. The third-order valence-electron chi connectivity index (χ3n) is 4.60. The predicted octanol–water partition coefficient (Wildman–Crippen LogP) is 4.43. The Morgan fingerprint density at radius 1 is 1.18 bits per heavy atom. The van der Waals surface area contributed by atoms with Crippen LogP contribution in [0.3, 0.4) is 0 Å². The van der Waals surface area contributed by atoms with Crippen molar-refractivity contribution in [2.75, 3.05) is 13.6 Å². The van der Waals surface area contributed by atoms with E-state index in [1.54, 1.807) is 24.3 Å². The minimum absolute atomic E-state index is 0.0572. The zero-order valence-electron chi connectivity index (χ0n) is 18.3. The van der Waals surface area contributed by atoms with E-state index in [9.17, 15) is 27.6 Å². The number of carbonyl (C=O) groups excluding carboxylic acids is 2. The molecule has 0 aromatic heterocycles. The van der Waals surface area contributed by atoms with Crippen molar-refractivity contribution in [3.05, 3.63) is 64.2 Å². The Labute approximate surface area is 198 Å². The summed E-state index contributed by atoms with van der Waals surface area (Å²) in [7, 11) is 1.32. The van der Waals surface area contributed by atoms with Crippen molar-refractivity contribution in [1.82, 2.24) is 15.1 Å². The Balaban J connectivity index is 2.45. The van der Waals surface area contributed by atoms with Gasteiger partial charge in [-0.3, -0.25) is 19.8 Å². The number of carbonyl (C=O) groups is 3. The predicted molar refractivity (Wildman–Crippen MR) is 120 cm³/mol. The van der Waals surface area contributed by atoms with Crippen LogP contribution in [-0.2, 0) is 22.3 Å². The first kappa shape index (κ1) is 26.7. The number of hydrogen-bond acceptors (Lipinski definition) is 4. The standard InChI is InChI=1S/C22H22ClF3N4O4/c1-14-3-5-15(6-4-14)12-30(13-31)20(28-21(34)29(2)10-9-19(32)33)27-18-11-16(22(24,25)26)7-8-17(18)23/h3-8,11,13H,9-10,12H2,1-2H3,(H,32,33)(H,27,28,34). The molecule has 0 aliphatic rings. The number of aryl methyl sites for hydroxylation is 1. The number of aliphatic carboxylic acids is 1. The normalized spacial score (nSPS) is 11.6. The lowest BCUT2D eigenvalue weighted by Crippen LogP contribution is -2.48. The third kappa shape index (κ3) is 7.77. The first-order chi connectivity index (χ1) is 15.9. The fourth-order valence-corrected chi connectivity index (χ4v) is 2.82. The maximum absolute atomic E-state index is 13.2. The summed E-state index contributed by atoms with van der Waals surface area (Å²) in [5.41, 5.74) is 0.292. The summed E-state index contributed by atoms with van der Waals surface area (Å²) in [5, 5.41) is 11.0. The monoisotopic (exact) mass is 498 g/mol. The van der Waals surface area contributed by atoms with E-state index in [2.05, 4.69) is 10.3 Å². The van der Waals surface area contributed by atoms with Crippen LogP contribution in [0.4, 0.5) is 23.7 Å². The van der Waals surface area contributed by atoms with Gasteiger partial charge in [-0.25, -0.2) is 9.79 Å². The van der Waals surface area contributed by atoms with Crippen LogP contribution < -0.4 is 5.32 Å². The molecule has 2 aromatic rings. The van der Waals surface area contributed by atoms with E-state index >= 15 is 0 Å². The van der Waals surface area contributed by atoms with Gasteiger partial charge in [0.15, 0.2) is 0 Å². The first-order valence-corrected chi connectivity index (χ1v) is 10.3. The molecular formula is C22H22ClF3N4O4. The number of aliphatic imine (C=N–C) groups is 1. The second-order valence-corrected chi connectivity index (χ2v) is 7.72. The van der Waals surface area contributed by atoms with E-state index in [4.69, 9.17) is 16.7 Å². The summed E-state index contributed by atoms with van der Waals surface area (Å²) in [5.74, 6) is -1.51. The molecule has 0 radical (unpaired) electrons. The molecule has 2 N–H and O–H groups in total. The third-order valence-corrected chi connectivity index (χ3v) is 4.92. The molecule has 2 aromatic carbocycles. The molecule has 12 heteroatoms. The molecule has 8 nitrogen and oxygen atoms in total. The summed E-state index contributed by atoms with van der Waals surface area (Å²) in [6.07, 6.45) is -4.64. The summed E-state index contributed by atoms with van der Waals surface area (Å²) in [4.78, 5) is 41.3. The quantitative estimate of drug-likeness (QED) is 0.335. The molecule has 3 amide bonds. The maximum Gasteiger partial charge on any atom is 0.416 e. The topological polar surface area (TPSA) is 102 Å². The number of carboxylic acid groups (broad SMARTS) is 1. The van der Waals surface area contributed by atoms with E-state index < -0.39 is 23.7 Å². The summed E-state index contributed by atoms with van der Waals surface area (Å²) in [6.45, 7) is 1.66. The van der Waals surface area contributed by atoms with Gasteiger partial charge < -0.3 is 10.0 Å². The molecule has 0 heterocycles. The Kier molecular flexibility index (Phi) is 9.02. The van der Waals surface area contributed by atoms with Crippen LogP contribution in [0.2, 0.25) is 5.02 Å². The van der Waals surface area contributed by atoms with Crippen molar-refractivity contribution in [3.8, 4) is 0 Å². The number of carboxylic acids is 1. The van der Waals surface area contributed by atoms with Gasteiger partial charge in [0.25, 0.3) is 0 Å². The highest BCUT2D eigenvalue weighted by Crippen LogP contribution is 2.35. The average molecular weight is 499 g/mol. The van der Waals surface area contributed by atoms with Crippen LogP contribution >= 0.6 is 11.6 Å². The van der Waals surface area contributed by atoms with E-state index in [1.165, 1.54) is 7.05 Å². The highest BCUT2D eigenvalue weighted by Gasteiger charge is 2.31.